The van der Waals surface area contributed by atoms with Crippen molar-refractivity contribution in [1.29, 1.82) is 0 Å². The van der Waals surface area contributed by atoms with Crippen molar-refractivity contribution in [2.45, 2.75) is 71.8 Å². The molecule has 7 nitrogen and oxygen atoms in total. The Morgan fingerprint density at radius 2 is 1.86 bits per heavy atom. The molecular formula is C27H34N6OS. The molecule has 2 aliphatic heterocycles. The van der Waals surface area contributed by atoms with Crippen LogP contribution in [0.1, 0.15) is 72.1 Å². The van der Waals surface area contributed by atoms with E-state index in [0.717, 1.165) is 44.5 Å². The number of hydrogen-bond donors (Lipinski definition) is 2. The molecule has 4 aromatic rings. The summed E-state index contributed by atoms with van der Waals surface area (Å²) in [6, 6.07) is 0.0825. The fraction of sp³-hybridized carbons (Fsp3) is 0.519. The van der Waals surface area contributed by atoms with Gasteiger partial charge in [-0.3, -0.25) is 9.69 Å². The van der Waals surface area contributed by atoms with E-state index < -0.39 is 0 Å². The summed E-state index contributed by atoms with van der Waals surface area (Å²) in [5.41, 5.74) is 8.61. The number of likely N-dealkylation sites (tertiary alicyclic amines) is 1. The Morgan fingerprint density at radius 1 is 1.09 bits per heavy atom. The molecule has 0 unspecified atom stereocenters. The molecule has 2 fully saturated rings. The van der Waals surface area contributed by atoms with E-state index in [1.165, 1.54) is 48.6 Å². The topological polar surface area (TPSA) is 78.3 Å². The maximum absolute atomic E-state index is 12.2. The van der Waals surface area contributed by atoms with Crippen molar-refractivity contribution in [3.05, 3.63) is 39.7 Å². The summed E-state index contributed by atoms with van der Waals surface area (Å²) < 4.78 is 1.90. The van der Waals surface area contributed by atoms with E-state index >= 15 is 0 Å². The number of pyridine rings is 1. The molecule has 0 radical (unpaired) electrons. The van der Waals surface area contributed by atoms with Gasteiger partial charge in [0.15, 0.2) is 5.65 Å². The predicted octanol–water partition coefficient (Wildman–Crippen LogP) is 5.06. The van der Waals surface area contributed by atoms with Gasteiger partial charge in [-0.05, 0) is 87.2 Å². The number of aromatic nitrogens is 4. The van der Waals surface area contributed by atoms with E-state index in [4.69, 9.17) is 0 Å². The number of nitrogens with one attached hydrogen (secondary N) is 2. The second-order valence-corrected chi connectivity index (χ2v) is 11.6. The first kappa shape index (κ1) is 22.7. The van der Waals surface area contributed by atoms with Crippen molar-refractivity contribution in [3.63, 3.8) is 0 Å². The molecule has 0 spiro atoms. The van der Waals surface area contributed by atoms with Crippen LogP contribution in [0.5, 0.6) is 0 Å². The van der Waals surface area contributed by atoms with E-state index in [1.54, 1.807) is 6.33 Å². The van der Waals surface area contributed by atoms with Gasteiger partial charge in [0, 0.05) is 28.6 Å². The standard InChI is InChI=1S/C27H34N6OS/c1-14(2)21-22-17(5)24(18-7-10-32(11-8-18)20-6-9-28-26(20)34)35-27(22)31-23(21)19-12-33-25(29-13-30-33)16(4)15(19)3/h12-14,18,20,31H,6-11H2,1-5H3,(H,28,34)/t20-/m1/s1. The van der Waals surface area contributed by atoms with Crippen LogP contribution in [0.4, 0.5) is 0 Å². The molecule has 2 N–H and O–H groups in total. The molecular weight excluding hydrogens is 456 g/mol. The molecule has 2 aliphatic rings. The Hall–Kier alpha value is -2.71. The van der Waals surface area contributed by atoms with Gasteiger partial charge in [0.1, 0.15) is 11.2 Å². The van der Waals surface area contributed by atoms with Crippen molar-refractivity contribution in [2.24, 2.45) is 0 Å². The minimum absolute atomic E-state index is 0.0825. The first-order chi connectivity index (χ1) is 16.8. The molecule has 184 valence electrons. The van der Waals surface area contributed by atoms with E-state index in [-0.39, 0.29) is 11.9 Å². The molecule has 1 amide bonds. The van der Waals surface area contributed by atoms with Gasteiger partial charge in [0.25, 0.3) is 0 Å². The molecule has 2 saturated heterocycles. The Morgan fingerprint density at radius 3 is 2.54 bits per heavy atom. The molecule has 0 saturated carbocycles. The Balaban J connectivity index is 1.37. The number of rotatable bonds is 4. The zero-order chi connectivity index (χ0) is 24.4. The van der Waals surface area contributed by atoms with Gasteiger partial charge in [-0.15, -0.1) is 11.3 Å². The number of thiophene rings is 1. The molecule has 0 aromatic carbocycles. The number of carbonyl (C=O) groups excluding carboxylic acids is 1. The third-order valence-electron chi connectivity index (χ3n) is 8.29. The summed E-state index contributed by atoms with van der Waals surface area (Å²) in [6.07, 6.45) is 6.95. The van der Waals surface area contributed by atoms with Crippen LogP contribution in [0.15, 0.2) is 12.5 Å². The largest absolute Gasteiger partial charge is 0.355 e. The van der Waals surface area contributed by atoms with E-state index in [1.807, 2.05) is 15.9 Å². The SMILES string of the molecule is Cc1c(-c2[nH]c3sc(C4CCN([C@@H]5CCNC5=O)CC4)c(C)c3c2C(C)C)cn2ncnc2c1C. The number of hydrogen-bond acceptors (Lipinski definition) is 5. The van der Waals surface area contributed by atoms with Crippen molar-refractivity contribution in [1.82, 2.24) is 29.8 Å². The van der Waals surface area contributed by atoms with Crippen LogP contribution in [0, 0.1) is 20.8 Å². The monoisotopic (exact) mass is 490 g/mol. The van der Waals surface area contributed by atoms with E-state index in [9.17, 15) is 4.79 Å². The summed E-state index contributed by atoms with van der Waals surface area (Å²) in [4.78, 5) is 25.6. The minimum atomic E-state index is 0.0825. The van der Waals surface area contributed by atoms with Crippen molar-refractivity contribution < 1.29 is 4.79 Å². The second-order valence-electron chi connectivity index (χ2n) is 10.6. The number of H-pyrrole nitrogens is 1. The van der Waals surface area contributed by atoms with Crippen molar-refractivity contribution in [3.8, 4) is 11.3 Å². The normalized spacial score (nSPS) is 20.1. The zero-order valence-electron chi connectivity index (χ0n) is 21.2. The van der Waals surface area contributed by atoms with Crippen LogP contribution in [0.3, 0.4) is 0 Å². The van der Waals surface area contributed by atoms with Gasteiger partial charge in [0.2, 0.25) is 5.91 Å². The average Bonchev–Trinajstić information content (AvgIpc) is 3.61. The highest BCUT2D eigenvalue weighted by molar-refractivity contribution is 7.19. The van der Waals surface area contributed by atoms with Gasteiger partial charge in [-0.1, -0.05) is 13.8 Å². The summed E-state index contributed by atoms with van der Waals surface area (Å²) in [7, 11) is 0. The van der Waals surface area contributed by atoms with Gasteiger partial charge >= 0.3 is 0 Å². The molecule has 4 aromatic heterocycles. The maximum atomic E-state index is 12.2. The molecule has 1 atom stereocenters. The third kappa shape index (κ3) is 3.52. The highest BCUT2D eigenvalue weighted by Gasteiger charge is 2.34. The predicted molar refractivity (Wildman–Crippen MR) is 141 cm³/mol. The smallest absolute Gasteiger partial charge is 0.237 e. The fourth-order valence-electron chi connectivity index (χ4n) is 6.29. The van der Waals surface area contributed by atoms with Gasteiger partial charge in [-0.25, -0.2) is 9.50 Å². The van der Waals surface area contributed by atoms with Gasteiger partial charge in [-0.2, -0.15) is 5.10 Å². The van der Waals surface area contributed by atoms with Crippen molar-refractivity contribution in [2.75, 3.05) is 19.6 Å². The van der Waals surface area contributed by atoms with Crippen LogP contribution in [0.2, 0.25) is 0 Å². The lowest BCUT2D eigenvalue weighted by Gasteiger charge is -2.34. The maximum Gasteiger partial charge on any atom is 0.237 e. The average molecular weight is 491 g/mol. The Kier molecular flexibility index (Phi) is 5.49. The summed E-state index contributed by atoms with van der Waals surface area (Å²) in [5, 5.41) is 8.82. The number of carbonyl (C=O) groups is 1. The lowest BCUT2D eigenvalue weighted by Crippen LogP contribution is -2.44. The van der Waals surface area contributed by atoms with Crippen LogP contribution in [0.25, 0.3) is 27.1 Å². The van der Waals surface area contributed by atoms with Gasteiger partial charge in [0.05, 0.1) is 11.7 Å². The Labute approximate surface area is 209 Å². The first-order valence-corrected chi connectivity index (χ1v) is 13.6. The number of fused-ring (bicyclic) bond motifs is 2. The quantitative estimate of drug-likeness (QED) is 0.419. The first-order valence-electron chi connectivity index (χ1n) is 12.8. The number of aryl methyl sites for hydroxylation is 2. The second kappa shape index (κ2) is 8.45. The zero-order valence-corrected chi connectivity index (χ0v) is 22.1. The number of aromatic amines is 1. The third-order valence-corrected chi connectivity index (χ3v) is 9.66. The minimum Gasteiger partial charge on any atom is -0.355 e. The number of nitrogens with zero attached hydrogens (tertiary/aromatic N) is 4. The summed E-state index contributed by atoms with van der Waals surface area (Å²) in [5.74, 6) is 1.18. The van der Waals surface area contributed by atoms with Crippen LogP contribution < -0.4 is 5.32 Å². The Bertz CT molecular complexity index is 1440. The summed E-state index contributed by atoms with van der Waals surface area (Å²) in [6.45, 7) is 14.1. The highest BCUT2D eigenvalue weighted by Crippen LogP contribution is 2.46. The molecule has 6 heterocycles. The van der Waals surface area contributed by atoms with Crippen LogP contribution in [-0.4, -0.2) is 56.1 Å². The van der Waals surface area contributed by atoms with E-state index in [0.29, 0.717) is 11.8 Å². The molecule has 8 heteroatoms. The van der Waals surface area contributed by atoms with Crippen LogP contribution in [-0.2, 0) is 4.79 Å². The van der Waals surface area contributed by atoms with Crippen LogP contribution >= 0.6 is 11.3 Å². The summed E-state index contributed by atoms with van der Waals surface area (Å²) >= 11 is 1.94. The van der Waals surface area contributed by atoms with E-state index in [2.05, 4.69) is 66.1 Å². The van der Waals surface area contributed by atoms with Gasteiger partial charge < -0.3 is 10.3 Å². The lowest BCUT2D eigenvalue weighted by atomic mass is 9.89. The lowest BCUT2D eigenvalue weighted by molar-refractivity contribution is -0.124. The molecule has 35 heavy (non-hydrogen) atoms. The fourth-order valence-corrected chi connectivity index (χ4v) is 7.68. The molecule has 6 rings (SSSR count). The number of piperidine rings is 1. The molecule has 0 aliphatic carbocycles. The van der Waals surface area contributed by atoms with Crippen molar-refractivity contribution >= 4 is 33.1 Å². The molecule has 0 bridgehead atoms. The highest BCUT2D eigenvalue weighted by atomic mass is 32.1. The number of amides is 1.